The van der Waals surface area contributed by atoms with Crippen molar-refractivity contribution >= 4 is 11.8 Å². The van der Waals surface area contributed by atoms with Crippen molar-refractivity contribution in [2.75, 3.05) is 6.54 Å². The highest BCUT2D eigenvalue weighted by Gasteiger charge is 2.36. The van der Waals surface area contributed by atoms with Crippen LogP contribution in [-0.4, -0.2) is 27.8 Å². The number of primary amides is 1. The van der Waals surface area contributed by atoms with Gasteiger partial charge in [0.05, 0.1) is 0 Å². The lowest BCUT2D eigenvalue weighted by Crippen LogP contribution is -2.40. The molecule has 1 aliphatic carbocycles. The maximum absolute atomic E-state index is 13.2. The second-order valence-corrected chi connectivity index (χ2v) is 5.61. The van der Waals surface area contributed by atoms with Crippen molar-refractivity contribution in [1.82, 2.24) is 9.47 Å². The highest BCUT2D eigenvalue weighted by Crippen LogP contribution is 2.29. The topological polar surface area (TPSA) is 85.4 Å². The lowest BCUT2D eigenvalue weighted by molar-refractivity contribution is -0.145. The molecule has 0 bridgehead atoms. The largest absolute Gasteiger partial charge is 0.431 e. The molecule has 1 aromatic heterocycles. The van der Waals surface area contributed by atoms with Crippen LogP contribution < -0.4 is 11.3 Å². The molecule has 0 atom stereocenters. The van der Waals surface area contributed by atoms with Crippen molar-refractivity contribution in [2.24, 2.45) is 5.73 Å². The third kappa shape index (κ3) is 3.92. The molecule has 1 heterocycles. The number of pyridine rings is 1. The van der Waals surface area contributed by atoms with Crippen LogP contribution in [-0.2, 0) is 17.5 Å². The zero-order valence-electron chi connectivity index (χ0n) is 13.6. The van der Waals surface area contributed by atoms with Gasteiger partial charge < -0.3 is 10.6 Å². The van der Waals surface area contributed by atoms with E-state index < -0.39 is 41.4 Å². The lowest BCUT2D eigenvalue weighted by Gasteiger charge is -2.24. The van der Waals surface area contributed by atoms with Gasteiger partial charge in [-0.05, 0) is 38.3 Å². The molecule has 0 spiro atoms. The minimum atomic E-state index is -4.85. The molecule has 1 aromatic rings. The number of hydrogen-bond donors (Lipinski definition) is 1. The van der Waals surface area contributed by atoms with E-state index in [1.54, 1.807) is 6.92 Å². The monoisotopic (exact) mass is 357 g/mol. The Morgan fingerprint density at radius 3 is 2.48 bits per heavy atom. The van der Waals surface area contributed by atoms with Gasteiger partial charge in [0.15, 0.2) is 0 Å². The number of rotatable bonds is 5. The molecule has 2 N–H and O–H groups in total. The van der Waals surface area contributed by atoms with Crippen molar-refractivity contribution < 1.29 is 22.8 Å². The number of nitrogens with zero attached hydrogens (tertiary/aromatic N) is 2. The van der Waals surface area contributed by atoms with E-state index in [1.807, 2.05) is 6.08 Å². The average molecular weight is 357 g/mol. The van der Waals surface area contributed by atoms with Gasteiger partial charge in [-0.2, -0.15) is 13.2 Å². The Morgan fingerprint density at radius 1 is 1.32 bits per heavy atom. The van der Waals surface area contributed by atoms with E-state index in [0.717, 1.165) is 24.6 Å². The Morgan fingerprint density at radius 2 is 2.00 bits per heavy atom. The molecule has 2 rings (SSSR count). The van der Waals surface area contributed by atoms with Gasteiger partial charge in [-0.25, -0.2) is 0 Å². The zero-order valence-corrected chi connectivity index (χ0v) is 13.6. The smallest absolute Gasteiger partial charge is 0.365 e. The van der Waals surface area contributed by atoms with E-state index >= 15 is 0 Å². The molecule has 136 valence electrons. The fraction of sp³-hybridized carbons (Fsp3) is 0.438. The number of allylic oxidation sites excluding steroid dienone is 2. The average Bonchev–Trinajstić information content (AvgIpc) is 3.02. The second kappa shape index (κ2) is 7.12. The number of aromatic nitrogens is 1. The summed E-state index contributed by atoms with van der Waals surface area (Å²) in [6, 6.07) is 1.31. The van der Waals surface area contributed by atoms with Gasteiger partial charge in [0, 0.05) is 12.2 Å². The fourth-order valence-electron chi connectivity index (χ4n) is 2.83. The minimum Gasteiger partial charge on any atom is -0.365 e. The van der Waals surface area contributed by atoms with Gasteiger partial charge in [-0.3, -0.25) is 19.0 Å². The normalized spacial score (nSPS) is 14.3. The van der Waals surface area contributed by atoms with E-state index in [4.69, 9.17) is 5.73 Å². The highest BCUT2D eigenvalue weighted by atomic mass is 19.4. The second-order valence-electron chi connectivity index (χ2n) is 5.61. The van der Waals surface area contributed by atoms with E-state index in [9.17, 15) is 27.6 Å². The Hall–Kier alpha value is -2.58. The SMILES string of the molecule is CCN(C(=O)Cn1c(C(F)(F)F)ccc(C(N)=O)c1=O)C1=CCCC1. The highest BCUT2D eigenvalue weighted by molar-refractivity contribution is 5.92. The molecule has 0 fully saturated rings. The number of halogens is 3. The maximum atomic E-state index is 13.2. The third-order valence-electron chi connectivity index (χ3n) is 4.00. The molecular weight excluding hydrogens is 339 g/mol. The summed E-state index contributed by atoms with van der Waals surface area (Å²) in [5.41, 5.74) is 2.64. The quantitative estimate of drug-likeness (QED) is 0.873. The number of nitrogens with two attached hydrogens (primary N) is 1. The number of alkyl halides is 3. The lowest BCUT2D eigenvalue weighted by atomic mass is 10.2. The molecule has 0 aromatic carbocycles. The van der Waals surface area contributed by atoms with Gasteiger partial charge in [-0.1, -0.05) is 6.08 Å². The van der Waals surface area contributed by atoms with Gasteiger partial charge in [0.1, 0.15) is 17.8 Å². The Balaban J connectivity index is 2.46. The zero-order chi connectivity index (χ0) is 18.8. The standard InChI is InChI=1S/C16H18F3N3O3/c1-2-21(10-5-3-4-6-10)13(23)9-22-12(16(17,18)19)8-7-11(14(20)24)15(22)25/h5,7-8H,2-4,6,9H2,1H3,(H2,20,24). The predicted molar refractivity (Wildman–Crippen MR) is 83.5 cm³/mol. The van der Waals surface area contributed by atoms with Gasteiger partial charge in [-0.15, -0.1) is 0 Å². The summed E-state index contributed by atoms with van der Waals surface area (Å²) in [5, 5.41) is 0. The van der Waals surface area contributed by atoms with Crippen LogP contribution >= 0.6 is 0 Å². The van der Waals surface area contributed by atoms with Crippen LogP contribution in [0.5, 0.6) is 0 Å². The van der Waals surface area contributed by atoms with Crippen LogP contribution in [0.2, 0.25) is 0 Å². The molecule has 0 saturated heterocycles. The molecule has 1 aliphatic rings. The van der Waals surface area contributed by atoms with Crippen molar-refractivity contribution in [1.29, 1.82) is 0 Å². The van der Waals surface area contributed by atoms with Crippen LogP contribution in [0.3, 0.4) is 0 Å². The Labute approximate surface area is 141 Å². The molecule has 9 heteroatoms. The molecule has 25 heavy (non-hydrogen) atoms. The van der Waals surface area contributed by atoms with Crippen LogP contribution in [0.4, 0.5) is 13.2 Å². The van der Waals surface area contributed by atoms with Crippen molar-refractivity contribution in [3.8, 4) is 0 Å². The van der Waals surface area contributed by atoms with Crippen LogP contribution in [0, 0.1) is 0 Å². The number of hydrogen-bond acceptors (Lipinski definition) is 3. The summed E-state index contributed by atoms with van der Waals surface area (Å²) in [7, 11) is 0. The predicted octanol–water partition coefficient (Wildman–Crippen LogP) is 1.88. The van der Waals surface area contributed by atoms with Crippen molar-refractivity contribution in [2.45, 2.75) is 38.9 Å². The molecule has 2 amide bonds. The molecule has 0 aliphatic heterocycles. The van der Waals surface area contributed by atoms with Gasteiger partial charge in [0.2, 0.25) is 5.91 Å². The summed E-state index contributed by atoms with van der Waals surface area (Å²) in [6.45, 7) is 1.15. The number of amides is 2. The number of likely N-dealkylation sites (N-methyl/N-ethyl adjacent to an activating group) is 1. The third-order valence-corrected chi connectivity index (χ3v) is 4.00. The first-order valence-electron chi connectivity index (χ1n) is 7.77. The summed E-state index contributed by atoms with van der Waals surface area (Å²) >= 11 is 0. The van der Waals surface area contributed by atoms with E-state index in [1.165, 1.54) is 4.90 Å². The summed E-state index contributed by atoms with van der Waals surface area (Å²) in [6.07, 6.45) is -0.677. The summed E-state index contributed by atoms with van der Waals surface area (Å²) in [4.78, 5) is 37.3. The maximum Gasteiger partial charge on any atom is 0.431 e. The summed E-state index contributed by atoms with van der Waals surface area (Å²) < 4.78 is 39.8. The van der Waals surface area contributed by atoms with Gasteiger partial charge in [0.25, 0.3) is 11.5 Å². The fourth-order valence-corrected chi connectivity index (χ4v) is 2.83. The van der Waals surface area contributed by atoms with Crippen molar-refractivity contribution in [3.63, 3.8) is 0 Å². The van der Waals surface area contributed by atoms with Crippen LogP contribution in [0.25, 0.3) is 0 Å². The van der Waals surface area contributed by atoms with Crippen molar-refractivity contribution in [3.05, 3.63) is 45.5 Å². The number of carbonyl (C=O) groups is 2. The summed E-state index contributed by atoms with van der Waals surface area (Å²) in [5.74, 6) is -1.80. The molecular formula is C16H18F3N3O3. The first kappa shape index (κ1) is 18.8. The van der Waals surface area contributed by atoms with Gasteiger partial charge >= 0.3 is 6.18 Å². The van der Waals surface area contributed by atoms with E-state index in [0.29, 0.717) is 12.5 Å². The first-order chi connectivity index (χ1) is 11.7. The minimum absolute atomic E-state index is 0.264. The number of carbonyl (C=O) groups excluding carboxylic acids is 2. The van der Waals surface area contributed by atoms with E-state index in [-0.39, 0.29) is 11.1 Å². The molecule has 0 radical (unpaired) electrons. The molecule has 6 nitrogen and oxygen atoms in total. The Kier molecular flexibility index (Phi) is 5.34. The molecule has 0 unspecified atom stereocenters. The van der Waals surface area contributed by atoms with Crippen LogP contribution in [0.1, 0.15) is 42.2 Å². The van der Waals surface area contributed by atoms with Crippen LogP contribution in [0.15, 0.2) is 28.7 Å². The molecule has 0 saturated carbocycles. The first-order valence-corrected chi connectivity index (χ1v) is 7.77. The Bertz CT molecular complexity index is 781. The van der Waals surface area contributed by atoms with E-state index in [2.05, 4.69) is 0 Å².